The fourth-order valence-corrected chi connectivity index (χ4v) is 1.73. The van der Waals surface area contributed by atoms with Gasteiger partial charge >= 0.3 is 0 Å². The molecular formula is C10H11BrINO2. The van der Waals surface area contributed by atoms with Gasteiger partial charge in [-0.3, -0.25) is 4.79 Å². The van der Waals surface area contributed by atoms with Gasteiger partial charge in [-0.05, 0) is 63.1 Å². The van der Waals surface area contributed by atoms with Crippen LogP contribution in [0.5, 0.6) is 0 Å². The van der Waals surface area contributed by atoms with Crippen LogP contribution < -0.4 is 5.32 Å². The Kier molecular flexibility index (Phi) is 5.55. The monoisotopic (exact) mass is 383 g/mol. The molecule has 0 atom stereocenters. The Morgan fingerprint density at radius 2 is 2.27 bits per heavy atom. The van der Waals surface area contributed by atoms with Crippen molar-refractivity contribution < 1.29 is 9.90 Å². The molecule has 3 nitrogen and oxygen atoms in total. The summed E-state index contributed by atoms with van der Waals surface area (Å²) in [6.07, 6.45) is 0.581. The molecule has 1 aromatic rings. The minimum absolute atomic E-state index is 0.0939. The molecule has 0 saturated heterocycles. The second-order valence-electron chi connectivity index (χ2n) is 2.96. The molecule has 2 N–H and O–H groups in total. The third-order valence-corrected chi connectivity index (χ3v) is 4.14. The first-order valence-corrected chi connectivity index (χ1v) is 6.36. The van der Waals surface area contributed by atoms with Crippen LogP contribution in [0.2, 0.25) is 0 Å². The summed E-state index contributed by atoms with van der Waals surface area (Å²) in [6, 6.07) is 5.45. The highest BCUT2D eigenvalue weighted by Gasteiger charge is 2.06. The molecule has 82 valence electrons. The summed E-state index contributed by atoms with van der Waals surface area (Å²) in [4.78, 5) is 11.6. The Balaban J connectivity index is 2.62. The smallest absolute Gasteiger partial charge is 0.251 e. The number of hydrogen-bond acceptors (Lipinski definition) is 2. The van der Waals surface area contributed by atoms with Crippen LogP contribution in [-0.4, -0.2) is 24.2 Å². The van der Waals surface area contributed by atoms with E-state index in [1.54, 1.807) is 12.1 Å². The Hall–Kier alpha value is -0.140. The van der Waals surface area contributed by atoms with Gasteiger partial charge in [-0.15, -0.1) is 0 Å². The first-order chi connectivity index (χ1) is 7.15. The molecule has 0 aliphatic rings. The minimum Gasteiger partial charge on any atom is -0.396 e. The maximum absolute atomic E-state index is 11.6. The summed E-state index contributed by atoms with van der Waals surface area (Å²) in [5.74, 6) is -0.111. The zero-order chi connectivity index (χ0) is 11.3. The largest absolute Gasteiger partial charge is 0.396 e. The first kappa shape index (κ1) is 12.9. The maximum Gasteiger partial charge on any atom is 0.251 e. The summed E-state index contributed by atoms with van der Waals surface area (Å²) in [5, 5.41) is 11.3. The molecule has 0 heterocycles. The number of rotatable bonds is 4. The van der Waals surface area contributed by atoms with Crippen LogP contribution in [0.3, 0.4) is 0 Å². The predicted octanol–water partition coefficient (Wildman–Crippen LogP) is 2.17. The van der Waals surface area contributed by atoms with E-state index in [2.05, 4.69) is 43.8 Å². The van der Waals surface area contributed by atoms with Gasteiger partial charge in [0, 0.05) is 26.8 Å². The van der Waals surface area contributed by atoms with E-state index in [9.17, 15) is 4.79 Å². The number of carbonyl (C=O) groups excluding carboxylic acids is 1. The predicted molar refractivity (Wildman–Crippen MR) is 70.9 cm³/mol. The van der Waals surface area contributed by atoms with Crippen LogP contribution in [0.15, 0.2) is 22.7 Å². The van der Waals surface area contributed by atoms with Crippen molar-refractivity contribution in [3.63, 3.8) is 0 Å². The Morgan fingerprint density at radius 3 is 2.87 bits per heavy atom. The Bertz CT molecular complexity index is 357. The summed E-state index contributed by atoms with van der Waals surface area (Å²) in [6.45, 7) is 0.593. The van der Waals surface area contributed by atoms with Crippen LogP contribution in [0, 0.1) is 3.57 Å². The molecule has 0 unspecified atom stereocenters. The Morgan fingerprint density at radius 1 is 1.53 bits per heavy atom. The molecule has 0 bridgehead atoms. The van der Waals surface area contributed by atoms with Crippen LogP contribution in [0.25, 0.3) is 0 Å². The molecule has 0 aromatic heterocycles. The molecule has 0 spiro atoms. The normalized spacial score (nSPS) is 10.1. The van der Waals surface area contributed by atoms with E-state index in [-0.39, 0.29) is 12.5 Å². The van der Waals surface area contributed by atoms with Crippen molar-refractivity contribution in [3.05, 3.63) is 31.8 Å². The molecule has 1 amide bonds. The third kappa shape index (κ3) is 4.08. The van der Waals surface area contributed by atoms with Gasteiger partial charge in [0.2, 0.25) is 0 Å². The molecule has 0 aliphatic heterocycles. The van der Waals surface area contributed by atoms with E-state index in [0.29, 0.717) is 18.5 Å². The fourth-order valence-electron chi connectivity index (χ4n) is 1.02. The fraction of sp³-hybridized carbons (Fsp3) is 0.300. The van der Waals surface area contributed by atoms with Crippen molar-refractivity contribution in [2.24, 2.45) is 0 Å². The first-order valence-electron chi connectivity index (χ1n) is 4.49. The number of amides is 1. The van der Waals surface area contributed by atoms with Gasteiger partial charge in [-0.25, -0.2) is 0 Å². The number of carbonyl (C=O) groups is 1. The lowest BCUT2D eigenvalue weighted by molar-refractivity contribution is 0.0951. The van der Waals surface area contributed by atoms with Gasteiger partial charge in [-0.1, -0.05) is 0 Å². The highest BCUT2D eigenvalue weighted by Crippen LogP contribution is 2.20. The van der Waals surface area contributed by atoms with Gasteiger partial charge in [0.15, 0.2) is 0 Å². The maximum atomic E-state index is 11.6. The van der Waals surface area contributed by atoms with E-state index >= 15 is 0 Å². The molecule has 0 aliphatic carbocycles. The standard InChI is InChI=1S/C10H11BrINO2/c11-8-6-7(2-3-9(8)12)10(15)13-4-1-5-14/h2-3,6,14H,1,4-5H2,(H,13,15). The zero-order valence-electron chi connectivity index (χ0n) is 7.96. The Labute approximate surface area is 111 Å². The summed E-state index contributed by atoms with van der Waals surface area (Å²) >= 11 is 5.56. The van der Waals surface area contributed by atoms with Gasteiger partial charge in [0.05, 0.1) is 0 Å². The number of nitrogens with one attached hydrogen (secondary N) is 1. The topological polar surface area (TPSA) is 49.3 Å². The highest BCUT2D eigenvalue weighted by molar-refractivity contribution is 14.1. The van der Waals surface area contributed by atoms with Crippen molar-refractivity contribution >= 4 is 44.4 Å². The molecule has 5 heteroatoms. The van der Waals surface area contributed by atoms with E-state index < -0.39 is 0 Å². The minimum atomic E-state index is -0.111. The third-order valence-electron chi connectivity index (χ3n) is 1.80. The van der Waals surface area contributed by atoms with E-state index in [1.165, 1.54) is 0 Å². The molecule has 15 heavy (non-hydrogen) atoms. The van der Waals surface area contributed by atoms with Crippen molar-refractivity contribution in [3.8, 4) is 0 Å². The second-order valence-corrected chi connectivity index (χ2v) is 4.98. The SMILES string of the molecule is O=C(NCCCO)c1ccc(I)c(Br)c1. The number of halogens is 2. The van der Waals surface area contributed by atoms with Crippen LogP contribution in [-0.2, 0) is 0 Å². The average Bonchev–Trinajstić information content (AvgIpc) is 2.22. The molecule has 1 aromatic carbocycles. The van der Waals surface area contributed by atoms with E-state index in [1.807, 2.05) is 6.07 Å². The molecule has 0 saturated carbocycles. The number of hydrogen-bond donors (Lipinski definition) is 2. The summed E-state index contributed by atoms with van der Waals surface area (Å²) < 4.78 is 1.98. The molecule has 1 rings (SSSR count). The lowest BCUT2D eigenvalue weighted by Crippen LogP contribution is -2.24. The molecule has 0 radical (unpaired) electrons. The quantitative estimate of drug-likeness (QED) is 0.618. The highest BCUT2D eigenvalue weighted by atomic mass is 127. The lowest BCUT2D eigenvalue weighted by Gasteiger charge is -2.05. The number of benzene rings is 1. The molecular weight excluding hydrogens is 373 g/mol. The lowest BCUT2D eigenvalue weighted by atomic mass is 10.2. The summed E-state index contributed by atoms with van der Waals surface area (Å²) in [5.41, 5.74) is 0.625. The zero-order valence-corrected chi connectivity index (χ0v) is 11.7. The van der Waals surface area contributed by atoms with Crippen LogP contribution in [0.1, 0.15) is 16.8 Å². The molecule has 0 fully saturated rings. The summed E-state index contributed by atoms with van der Waals surface area (Å²) in [7, 11) is 0. The van der Waals surface area contributed by atoms with Gasteiger partial charge in [-0.2, -0.15) is 0 Å². The van der Waals surface area contributed by atoms with Crippen molar-refractivity contribution in [1.82, 2.24) is 5.32 Å². The van der Waals surface area contributed by atoms with Crippen molar-refractivity contribution in [1.29, 1.82) is 0 Å². The average molecular weight is 384 g/mol. The van der Waals surface area contributed by atoms with Gasteiger partial charge in [0.25, 0.3) is 5.91 Å². The van der Waals surface area contributed by atoms with Crippen LogP contribution >= 0.6 is 38.5 Å². The van der Waals surface area contributed by atoms with Gasteiger partial charge < -0.3 is 10.4 Å². The van der Waals surface area contributed by atoms with Crippen LogP contribution in [0.4, 0.5) is 0 Å². The van der Waals surface area contributed by atoms with E-state index in [4.69, 9.17) is 5.11 Å². The van der Waals surface area contributed by atoms with Crippen molar-refractivity contribution in [2.75, 3.05) is 13.2 Å². The second kappa shape index (κ2) is 6.44. The van der Waals surface area contributed by atoms with Gasteiger partial charge in [0.1, 0.15) is 0 Å². The van der Waals surface area contributed by atoms with E-state index in [0.717, 1.165) is 8.04 Å². The number of aliphatic hydroxyl groups is 1. The number of aliphatic hydroxyl groups excluding tert-OH is 1. The van der Waals surface area contributed by atoms with Crippen molar-refractivity contribution in [2.45, 2.75) is 6.42 Å².